The van der Waals surface area contributed by atoms with E-state index in [1.165, 1.54) is 11.4 Å². The minimum absolute atomic E-state index is 0.285. The fourth-order valence-corrected chi connectivity index (χ4v) is 2.13. The zero-order chi connectivity index (χ0) is 13.0. The van der Waals surface area contributed by atoms with E-state index >= 15 is 0 Å². The van der Waals surface area contributed by atoms with E-state index < -0.39 is 0 Å². The Morgan fingerprint density at radius 1 is 1.11 bits per heavy atom. The molecule has 0 amide bonds. The molecule has 0 aromatic carbocycles. The average Bonchev–Trinajstić information content (AvgIpc) is 3.03. The number of rotatable bonds is 6. The largest absolute Gasteiger partial charge is 0.303 e. The van der Waals surface area contributed by atoms with Crippen LogP contribution in [0, 0.1) is 0 Å². The summed E-state index contributed by atoms with van der Waals surface area (Å²) in [6.07, 6.45) is 3.70. The van der Waals surface area contributed by atoms with Crippen LogP contribution in [-0.4, -0.2) is 19.6 Å². The molecule has 2 aromatic heterocycles. The van der Waals surface area contributed by atoms with Gasteiger partial charge < -0.3 is 5.32 Å². The summed E-state index contributed by atoms with van der Waals surface area (Å²) in [7, 11) is 0. The summed E-state index contributed by atoms with van der Waals surface area (Å²) < 4.78 is 4.03. The summed E-state index contributed by atoms with van der Waals surface area (Å²) in [6.45, 7) is 9.01. The molecule has 1 unspecified atom stereocenters. The molecule has 2 heterocycles. The van der Waals surface area contributed by atoms with E-state index in [9.17, 15) is 0 Å². The summed E-state index contributed by atoms with van der Waals surface area (Å²) in [6, 6.07) is 4.41. The smallest absolute Gasteiger partial charge is 0.0550 e. The molecule has 0 fully saturated rings. The lowest BCUT2D eigenvalue weighted by atomic mass is 10.2. The van der Waals surface area contributed by atoms with Crippen LogP contribution in [0.5, 0.6) is 0 Å². The van der Waals surface area contributed by atoms with Gasteiger partial charge >= 0.3 is 0 Å². The highest BCUT2D eigenvalue weighted by Crippen LogP contribution is 2.12. The minimum atomic E-state index is 0.285. The molecule has 2 aromatic rings. The molecular weight excluding hydrogens is 226 g/mol. The quantitative estimate of drug-likeness (QED) is 0.849. The number of hydrogen-bond donors (Lipinski definition) is 1. The van der Waals surface area contributed by atoms with Crippen LogP contribution in [0.15, 0.2) is 24.5 Å². The molecule has 2 rings (SSSR count). The maximum absolute atomic E-state index is 4.29. The molecule has 0 radical (unpaired) electrons. The van der Waals surface area contributed by atoms with Crippen molar-refractivity contribution >= 4 is 0 Å². The van der Waals surface area contributed by atoms with Crippen LogP contribution in [0.4, 0.5) is 0 Å². The van der Waals surface area contributed by atoms with Crippen molar-refractivity contribution in [2.24, 2.45) is 0 Å². The van der Waals surface area contributed by atoms with E-state index in [-0.39, 0.29) is 6.04 Å². The second-order valence-corrected chi connectivity index (χ2v) is 4.31. The molecule has 1 N–H and O–H groups in total. The summed E-state index contributed by atoms with van der Waals surface area (Å²) >= 11 is 0. The first-order valence-electron chi connectivity index (χ1n) is 6.52. The number of nitrogens with one attached hydrogen (secondary N) is 1. The van der Waals surface area contributed by atoms with Crippen molar-refractivity contribution in [3.63, 3.8) is 0 Å². The third-order valence-corrected chi connectivity index (χ3v) is 3.19. The number of aryl methyl sites for hydroxylation is 2. The van der Waals surface area contributed by atoms with Crippen molar-refractivity contribution in [1.82, 2.24) is 24.9 Å². The van der Waals surface area contributed by atoms with Gasteiger partial charge in [0.2, 0.25) is 0 Å². The van der Waals surface area contributed by atoms with Gasteiger partial charge in [0.15, 0.2) is 0 Å². The highest BCUT2D eigenvalue weighted by atomic mass is 15.3. The second kappa shape index (κ2) is 5.82. The van der Waals surface area contributed by atoms with E-state index in [0.717, 1.165) is 19.6 Å². The van der Waals surface area contributed by atoms with E-state index in [1.807, 2.05) is 21.8 Å². The van der Waals surface area contributed by atoms with Crippen LogP contribution in [-0.2, 0) is 19.6 Å². The minimum Gasteiger partial charge on any atom is -0.303 e. The van der Waals surface area contributed by atoms with E-state index in [0.29, 0.717) is 0 Å². The highest BCUT2D eigenvalue weighted by Gasteiger charge is 2.10. The Hall–Kier alpha value is -1.62. The topological polar surface area (TPSA) is 47.7 Å². The number of hydrogen-bond acceptors (Lipinski definition) is 3. The van der Waals surface area contributed by atoms with Crippen molar-refractivity contribution in [3.05, 3.63) is 35.9 Å². The van der Waals surface area contributed by atoms with Gasteiger partial charge in [-0.1, -0.05) is 0 Å². The number of nitrogens with zero attached hydrogens (tertiary/aromatic N) is 4. The van der Waals surface area contributed by atoms with Crippen LogP contribution < -0.4 is 5.32 Å². The molecule has 0 aliphatic carbocycles. The summed E-state index contributed by atoms with van der Waals surface area (Å²) in [4.78, 5) is 0. The molecule has 0 saturated heterocycles. The predicted octanol–water partition coefficient (Wildman–Crippen LogP) is 1.97. The van der Waals surface area contributed by atoms with Gasteiger partial charge in [-0.3, -0.25) is 9.36 Å². The van der Waals surface area contributed by atoms with Crippen molar-refractivity contribution in [2.75, 3.05) is 0 Å². The Labute approximate surface area is 108 Å². The second-order valence-electron chi connectivity index (χ2n) is 4.31. The van der Waals surface area contributed by atoms with E-state index in [4.69, 9.17) is 0 Å². The van der Waals surface area contributed by atoms with Crippen LogP contribution in [0.3, 0.4) is 0 Å². The van der Waals surface area contributed by atoms with E-state index in [2.05, 4.69) is 48.4 Å². The lowest BCUT2D eigenvalue weighted by Gasteiger charge is -2.15. The van der Waals surface area contributed by atoms with Gasteiger partial charge in [0.25, 0.3) is 0 Å². The van der Waals surface area contributed by atoms with Crippen LogP contribution >= 0.6 is 0 Å². The van der Waals surface area contributed by atoms with Gasteiger partial charge in [0.1, 0.15) is 0 Å². The van der Waals surface area contributed by atoms with Crippen molar-refractivity contribution in [2.45, 2.75) is 46.4 Å². The lowest BCUT2D eigenvalue weighted by Crippen LogP contribution is -2.22. The summed E-state index contributed by atoms with van der Waals surface area (Å²) in [5.74, 6) is 0. The Kier molecular flexibility index (Phi) is 4.15. The summed E-state index contributed by atoms with van der Waals surface area (Å²) in [5.41, 5.74) is 2.44. The summed E-state index contributed by atoms with van der Waals surface area (Å²) in [5, 5.41) is 12.1. The zero-order valence-corrected chi connectivity index (χ0v) is 11.3. The first-order valence-corrected chi connectivity index (χ1v) is 6.52. The Morgan fingerprint density at radius 2 is 1.78 bits per heavy atom. The SMILES string of the molecule is CCn1nccc1CNC(C)c1ccnn1CC. The maximum atomic E-state index is 4.29. The normalized spacial score (nSPS) is 12.8. The Morgan fingerprint density at radius 3 is 2.50 bits per heavy atom. The monoisotopic (exact) mass is 247 g/mol. The van der Waals surface area contributed by atoms with Crippen molar-refractivity contribution in [1.29, 1.82) is 0 Å². The predicted molar refractivity (Wildman–Crippen MR) is 71.1 cm³/mol. The molecule has 0 saturated carbocycles. The molecule has 1 atom stereocenters. The van der Waals surface area contributed by atoms with Crippen molar-refractivity contribution in [3.8, 4) is 0 Å². The first-order chi connectivity index (χ1) is 8.76. The Bertz CT molecular complexity index is 485. The van der Waals surface area contributed by atoms with Gasteiger partial charge in [-0.25, -0.2) is 0 Å². The molecule has 18 heavy (non-hydrogen) atoms. The fourth-order valence-electron chi connectivity index (χ4n) is 2.13. The van der Waals surface area contributed by atoms with Gasteiger partial charge in [-0.15, -0.1) is 0 Å². The number of aromatic nitrogens is 4. The molecule has 0 aliphatic heterocycles. The molecule has 0 spiro atoms. The molecule has 98 valence electrons. The standard InChI is InChI=1S/C13H21N5/c1-4-17-12(6-8-15-17)10-14-11(3)13-7-9-16-18(13)5-2/h6-9,11,14H,4-5,10H2,1-3H3. The highest BCUT2D eigenvalue weighted by molar-refractivity contribution is 5.07. The molecule has 5 heteroatoms. The molecule has 5 nitrogen and oxygen atoms in total. The van der Waals surface area contributed by atoms with Gasteiger partial charge in [-0.05, 0) is 32.9 Å². The third-order valence-electron chi connectivity index (χ3n) is 3.19. The first kappa shape index (κ1) is 12.8. The van der Waals surface area contributed by atoms with E-state index in [1.54, 1.807) is 0 Å². The van der Waals surface area contributed by atoms with Crippen molar-refractivity contribution < 1.29 is 0 Å². The molecule has 0 bridgehead atoms. The zero-order valence-electron chi connectivity index (χ0n) is 11.3. The third kappa shape index (κ3) is 2.61. The van der Waals surface area contributed by atoms with Crippen LogP contribution in [0.2, 0.25) is 0 Å². The lowest BCUT2D eigenvalue weighted by molar-refractivity contribution is 0.491. The maximum Gasteiger partial charge on any atom is 0.0550 e. The molecular formula is C13H21N5. The van der Waals surface area contributed by atoms with Crippen LogP contribution in [0.25, 0.3) is 0 Å². The fraction of sp³-hybridized carbons (Fsp3) is 0.538. The van der Waals surface area contributed by atoms with Gasteiger partial charge in [0, 0.05) is 38.1 Å². The molecule has 0 aliphatic rings. The average molecular weight is 247 g/mol. The van der Waals surface area contributed by atoms with Gasteiger partial charge in [0.05, 0.1) is 11.4 Å². The van der Waals surface area contributed by atoms with Gasteiger partial charge in [-0.2, -0.15) is 10.2 Å². The Balaban J connectivity index is 1.98. The van der Waals surface area contributed by atoms with Crippen LogP contribution in [0.1, 0.15) is 38.2 Å².